The molecule has 0 heterocycles. The lowest BCUT2D eigenvalue weighted by Gasteiger charge is -2.07. The summed E-state index contributed by atoms with van der Waals surface area (Å²) in [6.07, 6.45) is 11.8. The zero-order chi connectivity index (χ0) is 11.5. The zero-order valence-corrected chi connectivity index (χ0v) is 11.1. The highest BCUT2D eigenvalue weighted by molar-refractivity contribution is 7.80. The summed E-state index contributed by atoms with van der Waals surface area (Å²) in [5, 5.41) is 9.23. The van der Waals surface area contributed by atoms with E-state index in [4.69, 9.17) is 17.3 Å². The van der Waals surface area contributed by atoms with E-state index in [1.54, 1.807) is 0 Å². The predicted molar refractivity (Wildman–Crippen MR) is 71.6 cm³/mol. The van der Waals surface area contributed by atoms with E-state index >= 15 is 0 Å². The molecule has 1 N–H and O–H groups in total. The zero-order valence-electron chi connectivity index (χ0n) is 10.3. The Morgan fingerprint density at radius 3 is 1.93 bits per heavy atom. The minimum Gasteiger partial charge on any atom is -0.502 e. The van der Waals surface area contributed by atoms with Crippen LogP contribution in [0.2, 0.25) is 0 Å². The molecule has 0 rings (SSSR count). The number of rotatable bonds is 10. The molecule has 0 spiro atoms. The molecule has 0 saturated heterocycles. The molecule has 0 aromatic heterocycles. The van der Waals surface area contributed by atoms with Gasteiger partial charge in [0.2, 0.25) is 0 Å². The highest BCUT2D eigenvalue weighted by Gasteiger charge is 2.05. The summed E-state index contributed by atoms with van der Waals surface area (Å²) in [5.74, 6) is 0.208. The van der Waals surface area contributed by atoms with Crippen molar-refractivity contribution in [3.05, 3.63) is 0 Å². The first kappa shape index (κ1) is 14.9. The fraction of sp³-hybridized carbons (Fsp3) is 0.923. The van der Waals surface area contributed by atoms with Crippen LogP contribution in [0.4, 0.5) is 0 Å². The molecule has 0 aliphatic carbocycles. The number of thiocarbonyl (C=S) groups is 1. The average molecular weight is 230 g/mol. The quantitative estimate of drug-likeness (QED) is 0.419. The Morgan fingerprint density at radius 1 is 1.00 bits per heavy atom. The van der Waals surface area contributed by atoms with Crippen molar-refractivity contribution < 1.29 is 5.11 Å². The topological polar surface area (TPSA) is 20.2 Å². The van der Waals surface area contributed by atoms with Crippen LogP contribution in [0.15, 0.2) is 0 Å². The third kappa shape index (κ3) is 10.2. The Kier molecular flexibility index (Phi) is 10.3. The smallest absolute Gasteiger partial charge is 0.159 e. The van der Waals surface area contributed by atoms with Crippen LogP contribution in [0.25, 0.3) is 0 Å². The monoisotopic (exact) mass is 230 g/mol. The maximum Gasteiger partial charge on any atom is 0.159 e. The van der Waals surface area contributed by atoms with E-state index in [-0.39, 0.29) is 11.0 Å². The van der Waals surface area contributed by atoms with Crippen LogP contribution < -0.4 is 0 Å². The summed E-state index contributed by atoms with van der Waals surface area (Å²) in [5.41, 5.74) is 0. The van der Waals surface area contributed by atoms with Crippen LogP contribution >= 0.6 is 12.2 Å². The van der Waals surface area contributed by atoms with Gasteiger partial charge in [-0.05, 0) is 18.6 Å². The molecule has 0 aliphatic heterocycles. The van der Waals surface area contributed by atoms with Gasteiger partial charge in [-0.15, -0.1) is 0 Å². The molecule has 0 aromatic carbocycles. The first-order valence-corrected chi connectivity index (χ1v) is 6.82. The summed E-state index contributed by atoms with van der Waals surface area (Å²) in [4.78, 5) is 0. The van der Waals surface area contributed by atoms with Crippen molar-refractivity contribution >= 4 is 17.3 Å². The molecule has 1 unspecified atom stereocenters. The second-order valence-corrected chi connectivity index (χ2v) is 4.92. The Hall–Kier alpha value is -0.110. The SMILES string of the molecule is CCCCCCCCCCC(C)C(O)=S. The lowest BCUT2D eigenvalue weighted by atomic mass is 10.0. The molecule has 0 aromatic rings. The fourth-order valence-electron chi connectivity index (χ4n) is 1.71. The molecular formula is C13H26OS. The number of unbranched alkanes of at least 4 members (excludes halogenated alkanes) is 7. The summed E-state index contributed by atoms with van der Waals surface area (Å²) < 4.78 is 0. The minimum atomic E-state index is 0.179. The van der Waals surface area contributed by atoms with E-state index in [9.17, 15) is 0 Å². The lowest BCUT2D eigenvalue weighted by molar-refractivity contribution is 0.476. The van der Waals surface area contributed by atoms with Crippen molar-refractivity contribution in [2.24, 2.45) is 5.92 Å². The van der Waals surface area contributed by atoms with Crippen LogP contribution in [0.3, 0.4) is 0 Å². The highest BCUT2D eigenvalue weighted by Crippen LogP contribution is 2.13. The van der Waals surface area contributed by atoms with Gasteiger partial charge in [0.1, 0.15) is 0 Å². The molecule has 2 heteroatoms. The van der Waals surface area contributed by atoms with Gasteiger partial charge in [-0.25, -0.2) is 0 Å². The molecule has 0 aliphatic rings. The molecule has 15 heavy (non-hydrogen) atoms. The molecule has 0 fully saturated rings. The molecule has 0 bridgehead atoms. The maximum atomic E-state index is 9.05. The number of aliphatic hydroxyl groups excluding tert-OH is 1. The van der Waals surface area contributed by atoms with Gasteiger partial charge in [-0.2, -0.15) is 0 Å². The fourth-order valence-corrected chi connectivity index (χ4v) is 1.83. The highest BCUT2D eigenvalue weighted by atomic mass is 32.1. The van der Waals surface area contributed by atoms with Gasteiger partial charge in [0.05, 0.1) is 0 Å². The Bertz CT molecular complexity index is 157. The molecule has 1 atom stereocenters. The largest absolute Gasteiger partial charge is 0.502 e. The molecule has 1 nitrogen and oxygen atoms in total. The Labute approximate surface area is 100 Å². The Balaban J connectivity index is 3.08. The van der Waals surface area contributed by atoms with Gasteiger partial charge in [-0.3, -0.25) is 0 Å². The normalized spacial score (nSPS) is 12.7. The molecule has 0 saturated carbocycles. The van der Waals surface area contributed by atoms with E-state index in [2.05, 4.69) is 6.92 Å². The van der Waals surface area contributed by atoms with Crippen molar-refractivity contribution in [1.82, 2.24) is 0 Å². The van der Waals surface area contributed by atoms with Gasteiger partial charge >= 0.3 is 0 Å². The van der Waals surface area contributed by atoms with Crippen LogP contribution in [0.1, 0.15) is 71.6 Å². The van der Waals surface area contributed by atoms with Crippen molar-refractivity contribution in [3.8, 4) is 0 Å². The van der Waals surface area contributed by atoms with Crippen LogP contribution in [-0.4, -0.2) is 10.2 Å². The van der Waals surface area contributed by atoms with Crippen molar-refractivity contribution in [2.45, 2.75) is 71.6 Å². The van der Waals surface area contributed by atoms with Crippen LogP contribution in [-0.2, 0) is 0 Å². The number of hydrogen-bond donors (Lipinski definition) is 1. The first-order valence-electron chi connectivity index (χ1n) is 6.41. The summed E-state index contributed by atoms with van der Waals surface area (Å²) >= 11 is 4.72. The van der Waals surface area contributed by atoms with E-state index in [1.165, 1.54) is 51.4 Å². The molecule has 0 radical (unpaired) electrons. The molecule has 0 amide bonds. The van der Waals surface area contributed by atoms with E-state index in [0.29, 0.717) is 0 Å². The Morgan fingerprint density at radius 2 is 1.47 bits per heavy atom. The van der Waals surface area contributed by atoms with Gasteiger partial charge in [-0.1, -0.05) is 65.2 Å². The van der Waals surface area contributed by atoms with Crippen LogP contribution in [0, 0.1) is 5.92 Å². The number of aliphatic hydroxyl groups is 1. The van der Waals surface area contributed by atoms with E-state index < -0.39 is 0 Å². The summed E-state index contributed by atoms with van der Waals surface area (Å²) in [7, 11) is 0. The van der Waals surface area contributed by atoms with Gasteiger partial charge in [0, 0.05) is 5.92 Å². The summed E-state index contributed by atoms with van der Waals surface area (Å²) in [6.45, 7) is 4.25. The van der Waals surface area contributed by atoms with Crippen molar-refractivity contribution in [1.29, 1.82) is 0 Å². The van der Waals surface area contributed by atoms with E-state index in [1.807, 2.05) is 6.92 Å². The second kappa shape index (κ2) is 10.4. The maximum absolute atomic E-state index is 9.05. The molecular weight excluding hydrogens is 204 g/mol. The van der Waals surface area contributed by atoms with E-state index in [0.717, 1.165) is 6.42 Å². The first-order chi connectivity index (χ1) is 7.18. The summed E-state index contributed by atoms with van der Waals surface area (Å²) in [6, 6.07) is 0. The minimum absolute atomic E-state index is 0.179. The van der Waals surface area contributed by atoms with Gasteiger partial charge in [0.25, 0.3) is 0 Å². The number of hydrogen-bond acceptors (Lipinski definition) is 1. The predicted octanol–water partition coefficient (Wildman–Crippen LogP) is 5.04. The third-order valence-corrected chi connectivity index (χ3v) is 3.31. The standard InChI is InChI=1S/C13H26OS/c1-3-4-5-6-7-8-9-10-11-12(2)13(14)15/h12H,3-11H2,1-2H3,(H,14,15). The lowest BCUT2D eigenvalue weighted by Crippen LogP contribution is -2.06. The average Bonchev–Trinajstić information content (AvgIpc) is 2.21. The molecule has 90 valence electrons. The van der Waals surface area contributed by atoms with Crippen LogP contribution in [0.5, 0.6) is 0 Å². The van der Waals surface area contributed by atoms with Gasteiger partial charge < -0.3 is 5.11 Å². The third-order valence-electron chi connectivity index (χ3n) is 2.91. The van der Waals surface area contributed by atoms with Crippen molar-refractivity contribution in [2.75, 3.05) is 0 Å². The van der Waals surface area contributed by atoms with Crippen molar-refractivity contribution in [3.63, 3.8) is 0 Å². The van der Waals surface area contributed by atoms with Gasteiger partial charge in [0.15, 0.2) is 5.05 Å². The second-order valence-electron chi connectivity index (χ2n) is 4.50.